The van der Waals surface area contributed by atoms with Crippen LogP contribution in [0.2, 0.25) is 0 Å². The highest BCUT2D eigenvalue weighted by Gasteiger charge is 2.10. The van der Waals surface area contributed by atoms with E-state index in [2.05, 4.69) is 10.6 Å². The van der Waals surface area contributed by atoms with Gasteiger partial charge in [0.05, 0.1) is 0 Å². The molecule has 64 valence electrons. The van der Waals surface area contributed by atoms with Crippen LogP contribution in [0, 0.1) is 12.3 Å². The van der Waals surface area contributed by atoms with E-state index in [0.29, 0.717) is 6.42 Å². The predicted molar refractivity (Wildman–Crippen MR) is 45.7 cm³/mol. The third kappa shape index (κ3) is 5.08. The van der Waals surface area contributed by atoms with Crippen LogP contribution in [0.3, 0.4) is 0 Å². The van der Waals surface area contributed by atoms with Crippen LogP contribution in [0.5, 0.6) is 0 Å². The van der Waals surface area contributed by atoms with Crippen molar-refractivity contribution in [3.05, 3.63) is 0 Å². The molecule has 0 aromatic heterocycles. The molecule has 1 N–H and O–H groups in total. The molecule has 0 aliphatic heterocycles. The lowest BCUT2D eigenvalue weighted by atomic mass is 10.3. The van der Waals surface area contributed by atoms with Crippen LogP contribution >= 0.6 is 11.6 Å². The van der Waals surface area contributed by atoms with Crippen LogP contribution < -0.4 is 4.72 Å². The second-order valence-electron chi connectivity index (χ2n) is 2.15. The Balaban J connectivity index is 3.97. The van der Waals surface area contributed by atoms with Crippen molar-refractivity contribution < 1.29 is 8.42 Å². The largest absolute Gasteiger partial charge is 0.225 e. The van der Waals surface area contributed by atoms with Crippen LogP contribution in [0.25, 0.3) is 0 Å². The van der Waals surface area contributed by atoms with Gasteiger partial charge in [0.2, 0.25) is 10.0 Å². The van der Waals surface area contributed by atoms with E-state index in [9.17, 15) is 8.42 Å². The van der Waals surface area contributed by atoms with Crippen molar-refractivity contribution in [3.8, 4) is 12.3 Å². The molecule has 0 saturated heterocycles. The number of rotatable bonds is 4. The van der Waals surface area contributed by atoms with E-state index in [-0.39, 0.29) is 6.04 Å². The van der Waals surface area contributed by atoms with Crippen molar-refractivity contribution in [2.75, 3.05) is 5.21 Å². The molecule has 3 nitrogen and oxygen atoms in total. The van der Waals surface area contributed by atoms with Gasteiger partial charge in [-0.25, -0.2) is 13.1 Å². The smallest absolute Gasteiger partial charge is 0.211 e. The van der Waals surface area contributed by atoms with E-state index in [0.717, 1.165) is 0 Å². The highest BCUT2D eigenvalue weighted by Crippen LogP contribution is 1.94. The zero-order chi connectivity index (χ0) is 8.91. The summed E-state index contributed by atoms with van der Waals surface area (Å²) >= 11 is 5.14. The summed E-state index contributed by atoms with van der Waals surface area (Å²) in [7, 11) is -3.32. The van der Waals surface area contributed by atoms with Crippen molar-refractivity contribution >= 4 is 21.6 Å². The minimum atomic E-state index is -3.32. The van der Waals surface area contributed by atoms with Crippen molar-refractivity contribution in [2.24, 2.45) is 0 Å². The first kappa shape index (κ1) is 10.8. The van der Waals surface area contributed by atoms with Crippen molar-refractivity contribution in [2.45, 2.75) is 19.4 Å². The summed E-state index contributed by atoms with van der Waals surface area (Å²) in [4.78, 5) is 0. The Hall–Kier alpha value is -0.240. The van der Waals surface area contributed by atoms with Gasteiger partial charge in [-0.05, 0) is 6.92 Å². The summed E-state index contributed by atoms with van der Waals surface area (Å²) in [6.45, 7) is 1.68. The molecule has 0 amide bonds. The average molecular weight is 196 g/mol. The second kappa shape index (κ2) is 4.60. The highest BCUT2D eigenvalue weighted by molar-refractivity contribution is 7.90. The fraction of sp³-hybridized carbons (Fsp3) is 0.667. The summed E-state index contributed by atoms with van der Waals surface area (Å²) < 4.78 is 23.9. The molecule has 0 aromatic carbocycles. The molecule has 0 radical (unpaired) electrons. The van der Waals surface area contributed by atoms with Crippen molar-refractivity contribution in [1.29, 1.82) is 0 Å². The minimum absolute atomic E-state index is 0.247. The fourth-order valence-electron chi connectivity index (χ4n) is 0.556. The van der Waals surface area contributed by atoms with Crippen LogP contribution in [0.4, 0.5) is 0 Å². The summed E-state index contributed by atoms with van der Waals surface area (Å²) in [5, 5.41) is -0.429. The van der Waals surface area contributed by atoms with E-state index in [1.165, 1.54) is 0 Å². The molecule has 1 atom stereocenters. The van der Waals surface area contributed by atoms with Crippen LogP contribution in [0.1, 0.15) is 13.3 Å². The Bertz CT molecular complexity index is 242. The summed E-state index contributed by atoms with van der Waals surface area (Å²) in [6.07, 6.45) is 5.34. The van der Waals surface area contributed by atoms with Crippen LogP contribution in [0.15, 0.2) is 0 Å². The molecule has 0 rings (SSSR count). The molecular formula is C6H10ClNO2S. The molecule has 0 bridgehead atoms. The molecule has 0 heterocycles. The van der Waals surface area contributed by atoms with E-state index >= 15 is 0 Å². The van der Waals surface area contributed by atoms with Gasteiger partial charge in [-0.15, -0.1) is 23.9 Å². The van der Waals surface area contributed by atoms with Crippen LogP contribution in [-0.2, 0) is 10.0 Å². The van der Waals surface area contributed by atoms with Gasteiger partial charge >= 0.3 is 0 Å². The van der Waals surface area contributed by atoms with Crippen molar-refractivity contribution in [1.82, 2.24) is 4.72 Å². The number of halogens is 1. The van der Waals surface area contributed by atoms with Gasteiger partial charge in [0.1, 0.15) is 5.21 Å². The first-order valence-electron chi connectivity index (χ1n) is 3.01. The predicted octanol–water partition coefficient (Wildman–Crippen LogP) is 0.514. The lowest BCUT2D eigenvalue weighted by Gasteiger charge is -2.08. The maximum absolute atomic E-state index is 10.8. The highest BCUT2D eigenvalue weighted by atomic mass is 35.5. The lowest BCUT2D eigenvalue weighted by Crippen LogP contribution is -2.32. The molecule has 5 heteroatoms. The summed E-state index contributed by atoms with van der Waals surface area (Å²) in [5.74, 6) is 2.34. The number of hydrogen-bond acceptors (Lipinski definition) is 2. The number of sulfonamides is 1. The number of terminal acetylenes is 1. The second-order valence-corrected chi connectivity index (χ2v) is 4.49. The Morgan fingerprint density at radius 1 is 1.73 bits per heavy atom. The summed E-state index contributed by atoms with van der Waals surface area (Å²) in [6, 6.07) is -0.247. The molecule has 0 spiro atoms. The van der Waals surface area contributed by atoms with Gasteiger partial charge in [-0.2, -0.15) is 0 Å². The normalized spacial score (nSPS) is 13.9. The molecule has 1 unspecified atom stereocenters. The number of nitrogens with one attached hydrogen (secondary N) is 1. The van der Waals surface area contributed by atoms with Gasteiger partial charge < -0.3 is 0 Å². The molecule has 0 saturated carbocycles. The Kier molecular flexibility index (Phi) is 4.50. The van der Waals surface area contributed by atoms with Gasteiger partial charge in [0.25, 0.3) is 0 Å². The fourth-order valence-corrected chi connectivity index (χ4v) is 1.50. The van der Waals surface area contributed by atoms with E-state index in [1.54, 1.807) is 6.92 Å². The number of alkyl halides is 1. The average Bonchev–Trinajstić information content (AvgIpc) is 1.87. The maximum atomic E-state index is 10.8. The zero-order valence-corrected chi connectivity index (χ0v) is 7.74. The standard InChI is InChI=1S/C6H10ClNO2S/c1-3-4-6(2)8-11(9,10)5-7/h1,6,8H,4-5H2,2H3. The van der Waals surface area contributed by atoms with E-state index < -0.39 is 15.2 Å². The van der Waals surface area contributed by atoms with Gasteiger partial charge in [-0.1, -0.05) is 0 Å². The van der Waals surface area contributed by atoms with Gasteiger partial charge in [0, 0.05) is 12.5 Å². The lowest BCUT2D eigenvalue weighted by molar-refractivity contribution is 0.568. The third-order valence-electron chi connectivity index (χ3n) is 0.948. The molecule has 11 heavy (non-hydrogen) atoms. The van der Waals surface area contributed by atoms with Crippen LogP contribution in [-0.4, -0.2) is 19.7 Å². The summed E-state index contributed by atoms with van der Waals surface area (Å²) in [5.41, 5.74) is 0. The Morgan fingerprint density at radius 3 is 2.64 bits per heavy atom. The van der Waals surface area contributed by atoms with E-state index in [1.807, 2.05) is 0 Å². The minimum Gasteiger partial charge on any atom is -0.211 e. The molecular weight excluding hydrogens is 186 g/mol. The van der Waals surface area contributed by atoms with Crippen molar-refractivity contribution in [3.63, 3.8) is 0 Å². The number of hydrogen-bond donors (Lipinski definition) is 1. The zero-order valence-electron chi connectivity index (χ0n) is 6.17. The molecule has 0 aliphatic carbocycles. The molecule has 0 fully saturated rings. The van der Waals surface area contributed by atoms with E-state index in [4.69, 9.17) is 18.0 Å². The molecule has 0 aliphatic rings. The van der Waals surface area contributed by atoms with Gasteiger partial charge in [-0.3, -0.25) is 0 Å². The topological polar surface area (TPSA) is 46.2 Å². The maximum Gasteiger partial charge on any atom is 0.225 e. The quantitative estimate of drug-likeness (QED) is 0.525. The third-order valence-corrected chi connectivity index (χ3v) is 2.86. The molecule has 0 aromatic rings. The first-order valence-corrected chi connectivity index (χ1v) is 5.20. The SMILES string of the molecule is C#CCC(C)NS(=O)(=O)CCl. The first-order chi connectivity index (χ1) is 5.02. The van der Waals surface area contributed by atoms with Gasteiger partial charge in [0.15, 0.2) is 0 Å². The monoisotopic (exact) mass is 195 g/mol. The Labute approximate surface area is 72.2 Å². The Morgan fingerprint density at radius 2 is 2.27 bits per heavy atom.